The lowest BCUT2D eigenvalue weighted by Crippen LogP contribution is -2.26. The average molecular weight is 397 g/mol. The van der Waals surface area contributed by atoms with Gasteiger partial charge in [0.2, 0.25) is 0 Å². The molecular formula is C15H13Cl2F3N2OS. The molecule has 24 heavy (non-hydrogen) atoms. The Bertz CT molecular complexity index is 773. The van der Waals surface area contributed by atoms with Crippen LogP contribution in [0.5, 0.6) is 0 Å². The normalized spacial score (nSPS) is 11.8. The molecule has 0 fully saturated rings. The molecule has 0 bridgehead atoms. The zero-order valence-corrected chi connectivity index (χ0v) is 14.9. The second-order valence-electron chi connectivity index (χ2n) is 4.90. The lowest BCUT2D eigenvalue weighted by atomic mass is 10.2. The van der Waals surface area contributed by atoms with Crippen molar-refractivity contribution in [2.24, 2.45) is 0 Å². The maximum Gasteiger partial charge on any atom is 0.433 e. The molecule has 1 aromatic carbocycles. The third kappa shape index (κ3) is 4.46. The van der Waals surface area contributed by atoms with Gasteiger partial charge in [0.25, 0.3) is 5.56 Å². The van der Waals surface area contributed by atoms with Crippen LogP contribution < -0.4 is 5.56 Å². The standard InChI is InChI=1S/C15H13Cl2F3N2OS/c1-2-6-22-13(23)7-12(15(18,19)20)21-14(22)24-8-9-10(16)4-3-5-11(9)17/h3-5,7H,2,6,8H2,1H3. The Morgan fingerprint density at radius 1 is 1.25 bits per heavy atom. The third-order valence-electron chi connectivity index (χ3n) is 3.12. The van der Waals surface area contributed by atoms with Crippen LogP contribution in [0.3, 0.4) is 0 Å². The van der Waals surface area contributed by atoms with Crippen LogP contribution in [0.2, 0.25) is 10.0 Å². The van der Waals surface area contributed by atoms with Crippen molar-refractivity contribution >= 4 is 35.0 Å². The van der Waals surface area contributed by atoms with Gasteiger partial charge in [0, 0.05) is 28.4 Å². The van der Waals surface area contributed by atoms with Crippen molar-refractivity contribution in [3.63, 3.8) is 0 Å². The van der Waals surface area contributed by atoms with Crippen LogP contribution >= 0.6 is 35.0 Å². The predicted octanol–water partition coefficient (Wildman–Crippen LogP) is 5.27. The van der Waals surface area contributed by atoms with Gasteiger partial charge in [-0.1, -0.05) is 48.0 Å². The van der Waals surface area contributed by atoms with E-state index in [1.807, 2.05) is 6.92 Å². The third-order valence-corrected chi connectivity index (χ3v) is 4.83. The molecule has 0 unspecified atom stereocenters. The smallest absolute Gasteiger partial charge is 0.288 e. The zero-order valence-electron chi connectivity index (χ0n) is 12.5. The Morgan fingerprint density at radius 2 is 1.88 bits per heavy atom. The monoisotopic (exact) mass is 396 g/mol. The number of nitrogens with zero attached hydrogens (tertiary/aromatic N) is 2. The number of alkyl halides is 3. The van der Waals surface area contributed by atoms with Gasteiger partial charge in [-0.05, 0) is 24.1 Å². The van der Waals surface area contributed by atoms with Gasteiger partial charge >= 0.3 is 6.18 Å². The van der Waals surface area contributed by atoms with Crippen molar-refractivity contribution in [1.82, 2.24) is 9.55 Å². The minimum Gasteiger partial charge on any atom is -0.288 e. The van der Waals surface area contributed by atoms with Crippen LogP contribution in [-0.2, 0) is 18.5 Å². The quantitative estimate of drug-likeness (QED) is 0.509. The van der Waals surface area contributed by atoms with Crippen molar-refractivity contribution in [2.45, 2.75) is 37.0 Å². The molecule has 0 saturated heterocycles. The first-order valence-corrected chi connectivity index (χ1v) is 8.73. The van der Waals surface area contributed by atoms with Crippen molar-refractivity contribution in [3.05, 3.63) is 55.9 Å². The van der Waals surface area contributed by atoms with E-state index in [4.69, 9.17) is 23.2 Å². The molecule has 2 aromatic rings. The van der Waals surface area contributed by atoms with Gasteiger partial charge in [0.1, 0.15) is 0 Å². The highest BCUT2D eigenvalue weighted by atomic mass is 35.5. The molecule has 130 valence electrons. The number of rotatable bonds is 5. The molecule has 0 saturated carbocycles. The average Bonchev–Trinajstić information content (AvgIpc) is 2.48. The molecule has 2 rings (SSSR count). The molecule has 0 aliphatic carbocycles. The topological polar surface area (TPSA) is 34.9 Å². The summed E-state index contributed by atoms with van der Waals surface area (Å²) in [5.41, 5.74) is -1.35. The van der Waals surface area contributed by atoms with Crippen molar-refractivity contribution in [2.75, 3.05) is 0 Å². The lowest BCUT2D eigenvalue weighted by Gasteiger charge is -2.14. The van der Waals surface area contributed by atoms with Gasteiger partial charge in [0.15, 0.2) is 10.9 Å². The van der Waals surface area contributed by atoms with E-state index in [1.165, 1.54) is 4.57 Å². The van der Waals surface area contributed by atoms with Crippen LogP contribution in [0.25, 0.3) is 0 Å². The first kappa shape index (κ1) is 19.1. The highest BCUT2D eigenvalue weighted by molar-refractivity contribution is 7.98. The Kier molecular flexibility index (Phi) is 6.22. The summed E-state index contributed by atoms with van der Waals surface area (Å²) in [6.45, 7) is 2.10. The largest absolute Gasteiger partial charge is 0.433 e. The van der Waals surface area contributed by atoms with E-state index in [2.05, 4.69) is 4.98 Å². The summed E-state index contributed by atoms with van der Waals surface area (Å²) < 4.78 is 39.9. The molecule has 0 aliphatic heterocycles. The summed E-state index contributed by atoms with van der Waals surface area (Å²) in [7, 11) is 0. The molecule has 0 amide bonds. The predicted molar refractivity (Wildman–Crippen MR) is 89.8 cm³/mol. The summed E-state index contributed by atoms with van der Waals surface area (Å²) in [4.78, 5) is 15.6. The molecule has 1 heterocycles. The van der Waals surface area contributed by atoms with Crippen molar-refractivity contribution in [3.8, 4) is 0 Å². The Labute approximate surface area is 150 Å². The number of thioether (sulfide) groups is 1. The summed E-state index contributed by atoms with van der Waals surface area (Å²) in [5.74, 6) is 0.204. The van der Waals surface area contributed by atoms with Crippen molar-refractivity contribution < 1.29 is 13.2 Å². The fraction of sp³-hybridized carbons (Fsp3) is 0.333. The number of hydrogen-bond acceptors (Lipinski definition) is 3. The maximum atomic E-state index is 12.9. The van der Waals surface area contributed by atoms with E-state index >= 15 is 0 Å². The molecule has 9 heteroatoms. The Morgan fingerprint density at radius 3 is 2.42 bits per heavy atom. The molecule has 0 spiro atoms. The first-order valence-electron chi connectivity index (χ1n) is 6.98. The van der Waals surface area contributed by atoms with E-state index in [9.17, 15) is 18.0 Å². The van der Waals surface area contributed by atoms with Crippen molar-refractivity contribution in [1.29, 1.82) is 0 Å². The van der Waals surface area contributed by atoms with Crippen LogP contribution in [0.15, 0.2) is 34.2 Å². The summed E-state index contributed by atoms with van der Waals surface area (Å²) in [5, 5.41) is 0.811. The maximum absolute atomic E-state index is 12.9. The van der Waals surface area contributed by atoms with E-state index in [1.54, 1.807) is 18.2 Å². The van der Waals surface area contributed by atoms with Crippen LogP contribution in [0.1, 0.15) is 24.6 Å². The van der Waals surface area contributed by atoms with Gasteiger partial charge in [-0.3, -0.25) is 9.36 Å². The number of benzene rings is 1. The van der Waals surface area contributed by atoms with E-state index in [0.29, 0.717) is 28.1 Å². The fourth-order valence-electron chi connectivity index (χ4n) is 1.98. The molecule has 0 radical (unpaired) electrons. The second kappa shape index (κ2) is 7.80. The molecule has 0 N–H and O–H groups in total. The SMILES string of the molecule is CCCn1c(SCc2c(Cl)cccc2Cl)nc(C(F)(F)F)cc1=O. The first-order chi connectivity index (χ1) is 11.2. The van der Waals surface area contributed by atoms with Crippen LogP contribution in [0, 0.1) is 0 Å². The second-order valence-corrected chi connectivity index (χ2v) is 6.66. The van der Waals surface area contributed by atoms with Gasteiger partial charge in [-0.2, -0.15) is 13.2 Å². The van der Waals surface area contributed by atoms with Gasteiger partial charge in [-0.15, -0.1) is 0 Å². The van der Waals surface area contributed by atoms with Gasteiger partial charge < -0.3 is 0 Å². The molecule has 0 aliphatic rings. The highest BCUT2D eigenvalue weighted by Crippen LogP contribution is 2.32. The van der Waals surface area contributed by atoms with Crippen LogP contribution in [-0.4, -0.2) is 9.55 Å². The molecule has 0 atom stereocenters. The Balaban J connectivity index is 2.40. The van der Waals surface area contributed by atoms with Crippen LogP contribution in [0.4, 0.5) is 13.2 Å². The van der Waals surface area contributed by atoms with Gasteiger partial charge in [-0.25, -0.2) is 4.98 Å². The summed E-state index contributed by atoms with van der Waals surface area (Å²) in [6, 6.07) is 5.47. The minimum absolute atomic E-state index is 0.00680. The molecule has 3 nitrogen and oxygen atoms in total. The summed E-state index contributed by atoms with van der Waals surface area (Å²) >= 11 is 13.1. The fourth-order valence-corrected chi connectivity index (χ4v) is 3.75. The number of hydrogen-bond donors (Lipinski definition) is 0. The Hall–Kier alpha value is -1.18. The van der Waals surface area contributed by atoms with E-state index < -0.39 is 17.4 Å². The molecular weight excluding hydrogens is 384 g/mol. The highest BCUT2D eigenvalue weighted by Gasteiger charge is 2.34. The van der Waals surface area contributed by atoms with E-state index in [0.717, 1.165) is 11.8 Å². The summed E-state index contributed by atoms with van der Waals surface area (Å²) in [6.07, 6.45) is -4.09. The lowest BCUT2D eigenvalue weighted by molar-refractivity contribution is -0.141. The van der Waals surface area contributed by atoms with E-state index in [-0.39, 0.29) is 17.5 Å². The molecule has 1 aromatic heterocycles. The van der Waals surface area contributed by atoms with Gasteiger partial charge in [0.05, 0.1) is 0 Å². The minimum atomic E-state index is -4.68. The number of halogens is 5. The zero-order chi connectivity index (χ0) is 17.9. The number of aromatic nitrogens is 2.